The van der Waals surface area contributed by atoms with Gasteiger partial charge in [-0.25, -0.2) is 0 Å². The molecule has 1 amide bonds. The van der Waals surface area contributed by atoms with Crippen LogP contribution < -0.4 is 10.6 Å². The largest absolute Gasteiger partial charge is 0.389 e. The fraction of sp³-hybridized carbons (Fsp3) is 0.900. The summed E-state index contributed by atoms with van der Waals surface area (Å²) in [6.45, 7) is 4.26. The van der Waals surface area contributed by atoms with E-state index in [-0.39, 0.29) is 12.3 Å². The van der Waals surface area contributed by atoms with Gasteiger partial charge in [-0.15, -0.1) is 0 Å². The Morgan fingerprint density at radius 1 is 1.50 bits per heavy atom. The van der Waals surface area contributed by atoms with Crippen LogP contribution >= 0.6 is 0 Å². The fourth-order valence-corrected chi connectivity index (χ4v) is 1.85. The molecule has 0 saturated carbocycles. The second-order valence-corrected chi connectivity index (χ2v) is 3.96. The van der Waals surface area contributed by atoms with E-state index in [4.69, 9.17) is 0 Å². The minimum absolute atomic E-state index is 0.0445. The topological polar surface area (TPSA) is 61.4 Å². The number of hydrogen-bond donors (Lipinski definition) is 3. The van der Waals surface area contributed by atoms with E-state index >= 15 is 0 Å². The molecule has 0 aromatic rings. The van der Waals surface area contributed by atoms with Gasteiger partial charge in [-0.3, -0.25) is 4.79 Å². The average molecular weight is 200 g/mol. The first-order valence-corrected chi connectivity index (χ1v) is 5.36. The zero-order chi connectivity index (χ0) is 10.4. The lowest BCUT2D eigenvalue weighted by molar-refractivity contribution is -0.126. The van der Waals surface area contributed by atoms with Crippen molar-refractivity contribution in [3.63, 3.8) is 0 Å². The Bertz CT molecular complexity index is 187. The zero-order valence-corrected chi connectivity index (χ0v) is 8.81. The summed E-state index contributed by atoms with van der Waals surface area (Å²) in [6, 6.07) is 0. The third-order valence-corrected chi connectivity index (χ3v) is 2.63. The van der Waals surface area contributed by atoms with Gasteiger partial charge in [-0.1, -0.05) is 0 Å². The molecule has 1 atom stereocenters. The monoisotopic (exact) mass is 200 g/mol. The standard InChI is InChI=1S/C10H20N2O2/c1-2-12-9(13)8-10(14)4-3-6-11-7-5-10/h11,14H,2-8H2,1H3,(H,12,13). The van der Waals surface area contributed by atoms with Crippen LogP contribution in [0.1, 0.15) is 32.6 Å². The van der Waals surface area contributed by atoms with Gasteiger partial charge in [-0.2, -0.15) is 0 Å². The van der Waals surface area contributed by atoms with Crippen molar-refractivity contribution in [3.8, 4) is 0 Å². The number of aliphatic hydroxyl groups is 1. The van der Waals surface area contributed by atoms with Gasteiger partial charge >= 0.3 is 0 Å². The molecule has 82 valence electrons. The second-order valence-electron chi connectivity index (χ2n) is 3.96. The predicted octanol–water partition coefficient (Wildman–Crippen LogP) is 0.0172. The fourth-order valence-electron chi connectivity index (χ4n) is 1.85. The molecule has 0 aromatic heterocycles. The minimum Gasteiger partial charge on any atom is -0.389 e. The molecule has 4 nitrogen and oxygen atoms in total. The lowest BCUT2D eigenvalue weighted by Gasteiger charge is -2.25. The second kappa shape index (κ2) is 5.32. The van der Waals surface area contributed by atoms with Gasteiger partial charge in [-0.05, 0) is 39.3 Å². The Balaban J connectivity index is 2.41. The molecular formula is C10H20N2O2. The van der Waals surface area contributed by atoms with Crippen LogP contribution in [0.2, 0.25) is 0 Å². The lowest BCUT2D eigenvalue weighted by atomic mass is 9.91. The first-order valence-electron chi connectivity index (χ1n) is 5.36. The van der Waals surface area contributed by atoms with Gasteiger partial charge in [0.05, 0.1) is 12.0 Å². The number of amides is 1. The molecule has 0 aromatic carbocycles. The van der Waals surface area contributed by atoms with Gasteiger partial charge in [0.15, 0.2) is 0 Å². The Hall–Kier alpha value is -0.610. The van der Waals surface area contributed by atoms with Crippen molar-refractivity contribution in [1.82, 2.24) is 10.6 Å². The van der Waals surface area contributed by atoms with Crippen molar-refractivity contribution >= 4 is 5.91 Å². The SMILES string of the molecule is CCNC(=O)CC1(O)CCCNCC1. The number of nitrogens with one attached hydrogen (secondary N) is 2. The molecule has 1 aliphatic rings. The maximum atomic E-state index is 11.3. The summed E-state index contributed by atoms with van der Waals surface area (Å²) >= 11 is 0. The summed E-state index contributed by atoms with van der Waals surface area (Å²) < 4.78 is 0. The Morgan fingerprint density at radius 2 is 2.29 bits per heavy atom. The van der Waals surface area contributed by atoms with Crippen molar-refractivity contribution in [3.05, 3.63) is 0 Å². The zero-order valence-electron chi connectivity index (χ0n) is 8.81. The molecule has 1 fully saturated rings. The van der Waals surface area contributed by atoms with Gasteiger partial charge in [0.1, 0.15) is 0 Å². The maximum absolute atomic E-state index is 11.3. The van der Waals surface area contributed by atoms with Gasteiger partial charge < -0.3 is 15.7 Å². The molecule has 1 unspecified atom stereocenters. The summed E-state index contributed by atoms with van der Waals surface area (Å²) in [5.41, 5.74) is -0.789. The molecular weight excluding hydrogens is 180 g/mol. The smallest absolute Gasteiger partial charge is 0.222 e. The third kappa shape index (κ3) is 3.64. The maximum Gasteiger partial charge on any atom is 0.222 e. The van der Waals surface area contributed by atoms with E-state index in [0.29, 0.717) is 13.0 Å². The highest BCUT2D eigenvalue weighted by atomic mass is 16.3. The van der Waals surface area contributed by atoms with Gasteiger partial charge in [0, 0.05) is 6.54 Å². The summed E-state index contributed by atoms with van der Waals surface area (Å²) in [5.74, 6) is -0.0445. The lowest BCUT2D eigenvalue weighted by Crippen LogP contribution is -2.37. The first kappa shape index (κ1) is 11.5. The molecule has 1 saturated heterocycles. The normalized spacial score (nSPS) is 28.1. The van der Waals surface area contributed by atoms with Crippen LogP contribution in [0.3, 0.4) is 0 Å². The summed E-state index contributed by atoms with van der Waals surface area (Å²) in [6.07, 6.45) is 2.57. The van der Waals surface area contributed by atoms with E-state index in [0.717, 1.165) is 25.9 Å². The summed E-state index contributed by atoms with van der Waals surface area (Å²) in [7, 11) is 0. The highest BCUT2D eigenvalue weighted by molar-refractivity contribution is 5.76. The molecule has 0 bridgehead atoms. The highest BCUT2D eigenvalue weighted by Gasteiger charge is 2.30. The van der Waals surface area contributed by atoms with Gasteiger partial charge in [0.2, 0.25) is 5.91 Å². The number of carbonyl (C=O) groups is 1. The highest BCUT2D eigenvalue weighted by Crippen LogP contribution is 2.22. The van der Waals surface area contributed by atoms with Crippen molar-refractivity contribution in [2.24, 2.45) is 0 Å². The first-order chi connectivity index (χ1) is 6.66. The molecule has 4 heteroatoms. The molecule has 1 heterocycles. The summed E-state index contributed by atoms with van der Waals surface area (Å²) in [4.78, 5) is 11.3. The summed E-state index contributed by atoms with van der Waals surface area (Å²) in [5, 5.41) is 16.1. The van der Waals surface area contributed by atoms with Crippen molar-refractivity contribution in [2.45, 2.75) is 38.2 Å². The molecule has 14 heavy (non-hydrogen) atoms. The van der Waals surface area contributed by atoms with Gasteiger partial charge in [0.25, 0.3) is 0 Å². The van der Waals surface area contributed by atoms with E-state index in [9.17, 15) is 9.90 Å². The Morgan fingerprint density at radius 3 is 3.00 bits per heavy atom. The Kier molecular flexibility index (Phi) is 4.35. The van der Waals surface area contributed by atoms with Crippen LogP contribution in [0.5, 0.6) is 0 Å². The quantitative estimate of drug-likeness (QED) is 0.602. The van der Waals surface area contributed by atoms with E-state index in [1.54, 1.807) is 0 Å². The van der Waals surface area contributed by atoms with Crippen molar-refractivity contribution < 1.29 is 9.90 Å². The minimum atomic E-state index is -0.789. The van der Waals surface area contributed by atoms with E-state index in [1.807, 2.05) is 6.92 Å². The van der Waals surface area contributed by atoms with E-state index < -0.39 is 5.60 Å². The van der Waals surface area contributed by atoms with Crippen LogP contribution in [-0.2, 0) is 4.79 Å². The van der Waals surface area contributed by atoms with Crippen LogP contribution in [0.25, 0.3) is 0 Å². The molecule has 0 spiro atoms. The van der Waals surface area contributed by atoms with Crippen molar-refractivity contribution in [2.75, 3.05) is 19.6 Å². The Labute approximate surface area is 85.1 Å². The van der Waals surface area contributed by atoms with Crippen molar-refractivity contribution in [1.29, 1.82) is 0 Å². The predicted molar refractivity (Wildman–Crippen MR) is 55.0 cm³/mol. The molecule has 3 N–H and O–H groups in total. The third-order valence-electron chi connectivity index (χ3n) is 2.63. The van der Waals surface area contributed by atoms with Crippen LogP contribution in [0, 0.1) is 0 Å². The molecule has 1 aliphatic heterocycles. The average Bonchev–Trinajstić information content (AvgIpc) is 2.30. The number of carbonyl (C=O) groups excluding carboxylic acids is 1. The van der Waals surface area contributed by atoms with E-state index in [2.05, 4.69) is 10.6 Å². The van der Waals surface area contributed by atoms with Crippen LogP contribution in [0.15, 0.2) is 0 Å². The number of hydrogen-bond acceptors (Lipinski definition) is 3. The number of rotatable bonds is 3. The van der Waals surface area contributed by atoms with Crippen LogP contribution in [0.4, 0.5) is 0 Å². The van der Waals surface area contributed by atoms with E-state index in [1.165, 1.54) is 0 Å². The molecule has 0 radical (unpaired) electrons. The molecule has 1 rings (SSSR count). The molecule has 0 aliphatic carbocycles. The van der Waals surface area contributed by atoms with Crippen LogP contribution in [-0.4, -0.2) is 36.2 Å².